The third-order valence-electron chi connectivity index (χ3n) is 6.36. The second-order valence-electron chi connectivity index (χ2n) is 10.2. The van der Waals surface area contributed by atoms with Crippen molar-refractivity contribution in [2.24, 2.45) is 5.92 Å². The van der Waals surface area contributed by atoms with Gasteiger partial charge in [0.1, 0.15) is 0 Å². The SMILES string of the molecule is C[PH](C)(C)C/C(=C(\B(c1ccccn1)c1ccccn1)c1ccccn1)C1CCCCC1. The van der Waals surface area contributed by atoms with Crippen molar-refractivity contribution in [1.29, 1.82) is 0 Å². The molecule has 166 valence electrons. The minimum absolute atomic E-state index is 0.0134. The molecular formula is C27H35BN3P. The van der Waals surface area contributed by atoms with Crippen LogP contribution in [-0.2, 0) is 0 Å². The Morgan fingerprint density at radius 2 is 1.34 bits per heavy atom. The number of hydrogen-bond acceptors (Lipinski definition) is 3. The Morgan fingerprint density at radius 3 is 1.81 bits per heavy atom. The van der Waals surface area contributed by atoms with Crippen molar-refractivity contribution in [2.75, 3.05) is 26.2 Å². The van der Waals surface area contributed by atoms with E-state index in [1.165, 1.54) is 43.7 Å². The molecule has 32 heavy (non-hydrogen) atoms. The van der Waals surface area contributed by atoms with Crippen LogP contribution >= 0.6 is 7.26 Å². The summed E-state index contributed by atoms with van der Waals surface area (Å²) < 4.78 is 0. The maximum absolute atomic E-state index is 4.90. The van der Waals surface area contributed by atoms with E-state index in [9.17, 15) is 0 Å². The van der Waals surface area contributed by atoms with Crippen molar-refractivity contribution in [2.45, 2.75) is 32.1 Å². The van der Waals surface area contributed by atoms with Crippen LogP contribution in [0.3, 0.4) is 0 Å². The fourth-order valence-corrected chi connectivity index (χ4v) is 6.66. The Kier molecular flexibility index (Phi) is 7.53. The summed E-state index contributed by atoms with van der Waals surface area (Å²) in [4.78, 5) is 14.6. The van der Waals surface area contributed by atoms with Crippen LogP contribution in [0.25, 0.3) is 5.47 Å². The molecule has 3 nitrogen and oxygen atoms in total. The molecule has 0 unspecified atom stereocenters. The van der Waals surface area contributed by atoms with Crippen molar-refractivity contribution >= 4 is 30.6 Å². The summed E-state index contributed by atoms with van der Waals surface area (Å²) in [5.74, 6) is 0.627. The first-order valence-electron chi connectivity index (χ1n) is 12.0. The predicted molar refractivity (Wildman–Crippen MR) is 142 cm³/mol. The molecule has 1 fully saturated rings. The minimum atomic E-state index is -1.37. The van der Waals surface area contributed by atoms with Gasteiger partial charge in [-0.25, -0.2) is 0 Å². The number of aromatic nitrogens is 3. The van der Waals surface area contributed by atoms with Crippen molar-refractivity contribution < 1.29 is 0 Å². The third-order valence-corrected chi connectivity index (χ3v) is 7.80. The summed E-state index contributed by atoms with van der Waals surface area (Å²) in [5, 5.41) is 0. The van der Waals surface area contributed by atoms with Gasteiger partial charge in [0.2, 0.25) is 0 Å². The van der Waals surface area contributed by atoms with Crippen LogP contribution in [0.1, 0.15) is 37.8 Å². The molecule has 0 atom stereocenters. The summed E-state index contributed by atoms with van der Waals surface area (Å²) in [5.41, 5.74) is 6.14. The average Bonchev–Trinajstić information content (AvgIpc) is 2.83. The topological polar surface area (TPSA) is 38.7 Å². The molecule has 0 N–H and O–H groups in total. The van der Waals surface area contributed by atoms with Gasteiger partial charge in [0.15, 0.2) is 0 Å². The number of rotatable bonds is 7. The van der Waals surface area contributed by atoms with E-state index >= 15 is 0 Å². The summed E-state index contributed by atoms with van der Waals surface area (Å²) in [6.45, 7) is 7.45. The summed E-state index contributed by atoms with van der Waals surface area (Å²) in [6.07, 6.45) is 13.5. The number of nitrogens with zero attached hydrogens (tertiary/aromatic N) is 3. The van der Waals surface area contributed by atoms with Gasteiger partial charge in [-0.15, -0.1) is 0 Å². The molecule has 0 amide bonds. The van der Waals surface area contributed by atoms with Crippen molar-refractivity contribution in [1.82, 2.24) is 15.0 Å². The van der Waals surface area contributed by atoms with Crippen molar-refractivity contribution in [3.63, 3.8) is 0 Å². The summed E-state index contributed by atoms with van der Waals surface area (Å²) in [6, 6.07) is 18.8. The molecule has 3 aromatic heterocycles. The van der Waals surface area contributed by atoms with Gasteiger partial charge in [-0.3, -0.25) is 0 Å². The Labute approximate surface area is 194 Å². The number of allylic oxidation sites excluding steroid dienone is 1. The molecule has 1 aliphatic carbocycles. The van der Waals surface area contributed by atoms with Crippen LogP contribution in [0.5, 0.6) is 0 Å². The maximum atomic E-state index is 4.90. The number of hydrogen-bond donors (Lipinski definition) is 0. The van der Waals surface area contributed by atoms with E-state index in [1.807, 2.05) is 36.8 Å². The first-order chi connectivity index (χ1) is 15.5. The second-order valence-corrected chi connectivity index (χ2v) is 15.6. The fourth-order valence-electron chi connectivity index (χ4n) is 5.04. The Bertz CT molecular complexity index is 972. The van der Waals surface area contributed by atoms with E-state index < -0.39 is 7.26 Å². The molecule has 0 bridgehead atoms. The van der Waals surface area contributed by atoms with E-state index in [-0.39, 0.29) is 6.71 Å². The first kappa shape index (κ1) is 22.9. The molecule has 0 aromatic carbocycles. The van der Waals surface area contributed by atoms with Crippen LogP contribution < -0.4 is 11.2 Å². The zero-order chi connectivity index (χ0) is 22.4. The Hall–Kier alpha value is -2.32. The van der Waals surface area contributed by atoms with Gasteiger partial charge in [0.25, 0.3) is 0 Å². The summed E-state index contributed by atoms with van der Waals surface area (Å²) >= 11 is 0. The average molecular weight is 443 g/mol. The molecule has 1 aliphatic rings. The number of pyridine rings is 3. The molecule has 4 rings (SSSR count). The van der Waals surface area contributed by atoms with E-state index in [0.717, 1.165) is 16.9 Å². The normalized spacial score (nSPS) is 16.3. The molecule has 0 aliphatic heterocycles. The van der Waals surface area contributed by atoms with Gasteiger partial charge in [0, 0.05) is 0 Å². The molecular weight excluding hydrogens is 408 g/mol. The van der Waals surface area contributed by atoms with Gasteiger partial charge >= 0.3 is 194 Å². The van der Waals surface area contributed by atoms with Crippen LogP contribution in [-0.4, -0.2) is 47.8 Å². The predicted octanol–water partition coefficient (Wildman–Crippen LogP) is 4.69. The Morgan fingerprint density at radius 1 is 0.781 bits per heavy atom. The second kappa shape index (κ2) is 10.5. The quantitative estimate of drug-likeness (QED) is 0.393. The molecule has 1 saturated carbocycles. The zero-order valence-electron chi connectivity index (χ0n) is 19.7. The van der Waals surface area contributed by atoms with Gasteiger partial charge < -0.3 is 0 Å². The van der Waals surface area contributed by atoms with Gasteiger partial charge in [-0.2, -0.15) is 0 Å². The molecule has 3 aromatic rings. The standard InChI is InChI=1S/C27H35BN3P/c1-32(2,3)21-23(22-13-5-4-6-14-22)27(24-15-7-10-18-29-24)28(25-16-8-11-19-30-25)26-17-9-12-20-31-26/h7-12,15-20,22,32H,4-6,13-14,21H2,1-3H3/b27-23+. The van der Waals surface area contributed by atoms with Gasteiger partial charge in [-0.1, -0.05) is 0 Å². The van der Waals surface area contributed by atoms with Gasteiger partial charge in [0.05, 0.1) is 0 Å². The Balaban J connectivity index is 2.00. The van der Waals surface area contributed by atoms with Crippen LogP contribution in [0.2, 0.25) is 0 Å². The van der Waals surface area contributed by atoms with E-state index in [1.54, 1.807) is 5.57 Å². The van der Waals surface area contributed by atoms with Crippen molar-refractivity contribution in [3.8, 4) is 0 Å². The summed E-state index contributed by atoms with van der Waals surface area (Å²) in [7, 11) is -1.37. The van der Waals surface area contributed by atoms with Crippen LogP contribution in [0.15, 0.2) is 78.8 Å². The van der Waals surface area contributed by atoms with E-state index in [0.29, 0.717) is 5.92 Å². The monoisotopic (exact) mass is 443 g/mol. The molecule has 5 heteroatoms. The van der Waals surface area contributed by atoms with E-state index in [2.05, 4.69) is 56.4 Å². The van der Waals surface area contributed by atoms with Crippen molar-refractivity contribution in [3.05, 3.63) is 84.5 Å². The zero-order valence-corrected chi connectivity index (χ0v) is 20.7. The molecule has 3 heterocycles. The van der Waals surface area contributed by atoms with Crippen LogP contribution in [0, 0.1) is 5.92 Å². The fraction of sp³-hybridized carbons (Fsp3) is 0.370. The molecule has 0 radical (unpaired) electrons. The van der Waals surface area contributed by atoms with Gasteiger partial charge in [-0.05, 0) is 0 Å². The first-order valence-corrected chi connectivity index (χ1v) is 15.7. The molecule has 0 spiro atoms. The third kappa shape index (κ3) is 5.72. The molecule has 0 saturated heterocycles. The van der Waals surface area contributed by atoms with Crippen LogP contribution in [0.4, 0.5) is 0 Å². The van der Waals surface area contributed by atoms with E-state index in [4.69, 9.17) is 15.0 Å².